The van der Waals surface area contributed by atoms with Crippen LogP contribution in [-0.4, -0.2) is 45.5 Å². The van der Waals surface area contributed by atoms with Gasteiger partial charge in [0.1, 0.15) is 0 Å². The van der Waals surface area contributed by atoms with Crippen LogP contribution in [0.4, 0.5) is 14.5 Å². The van der Waals surface area contributed by atoms with E-state index in [4.69, 9.17) is 4.74 Å². The Balaban J connectivity index is 1.90. The Morgan fingerprint density at radius 3 is 2.42 bits per heavy atom. The van der Waals surface area contributed by atoms with Gasteiger partial charge in [-0.25, -0.2) is 17.2 Å². The van der Waals surface area contributed by atoms with Crippen LogP contribution >= 0.6 is 0 Å². The monoisotopic (exact) mass is 382 g/mol. The average molecular weight is 382 g/mol. The number of rotatable bonds is 4. The fourth-order valence-corrected chi connectivity index (χ4v) is 3.63. The highest BCUT2D eigenvalue weighted by Crippen LogP contribution is 2.23. The largest absolute Gasteiger partial charge is 0.378 e. The molecular weight excluding hydrogens is 366 g/mol. The number of anilines is 1. The minimum Gasteiger partial charge on any atom is -0.378 e. The molecule has 1 heterocycles. The Morgan fingerprint density at radius 2 is 1.73 bits per heavy atom. The van der Waals surface area contributed by atoms with Gasteiger partial charge in [0, 0.05) is 13.1 Å². The normalized spacial score (nSPS) is 14.9. The molecule has 0 aliphatic carbocycles. The third kappa shape index (κ3) is 3.83. The highest BCUT2D eigenvalue weighted by atomic mass is 32.2. The topological polar surface area (TPSA) is 75.7 Å². The number of ether oxygens (including phenoxy) is 1. The Bertz CT molecular complexity index is 928. The molecule has 2 aromatic carbocycles. The fourth-order valence-electron chi connectivity index (χ4n) is 2.54. The second-order valence-electron chi connectivity index (χ2n) is 5.63. The van der Waals surface area contributed by atoms with E-state index in [1.807, 2.05) is 0 Å². The second-order valence-corrected chi connectivity index (χ2v) is 7.31. The maximum atomic E-state index is 13.4. The number of nitrogens with one attached hydrogen (secondary N) is 1. The number of hydrogen-bond acceptors (Lipinski definition) is 4. The lowest BCUT2D eigenvalue weighted by Crippen LogP contribution is -2.41. The van der Waals surface area contributed by atoms with Gasteiger partial charge >= 0.3 is 0 Å². The van der Waals surface area contributed by atoms with Crippen LogP contribution in [0.15, 0.2) is 47.4 Å². The zero-order valence-corrected chi connectivity index (χ0v) is 14.4. The lowest BCUT2D eigenvalue weighted by atomic mass is 10.1. The molecule has 6 nitrogen and oxygen atoms in total. The van der Waals surface area contributed by atoms with Gasteiger partial charge in [-0.05, 0) is 30.3 Å². The van der Waals surface area contributed by atoms with Gasteiger partial charge in [-0.3, -0.25) is 9.52 Å². The molecule has 0 spiro atoms. The van der Waals surface area contributed by atoms with Crippen LogP contribution in [-0.2, 0) is 14.8 Å². The number of para-hydroxylation sites is 1. The smallest absolute Gasteiger partial charge is 0.262 e. The molecule has 0 unspecified atom stereocenters. The number of hydrogen-bond donors (Lipinski definition) is 1. The summed E-state index contributed by atoms with van der Waals surface area (Å²) in [5.41, 5.74) is 0.231. The van der Waals surface area contributed by atoms with Crippen LogP contribution in [0, 0.1) is 11.6 Å². The van der Waals surface area contributed by atoms with Crippen molar-refractivity contribution >= 4 is 21.6 Å². The zero-order valence-electron chi connectivity index (χ0n) is 13.6. The maximum absolute atomic E-state index is 13.4. The number of sulfonamides is 1. The van der Waals surface area contributed by atoms with Gasteiger partial charge in [-0.2, -0.15) is 0 Å². The lowest BCUT2D eigenvalue weighted by molar-refractivity contribution is 0.0303. The van der Waals surface area contributed by atoms with Crippen molar-refractivity contribution in [3.63, 3.8) is 0 Å². The number of amides is 1. The third-order valence-corrected chi connectivity index (χ3v) is 5.26. The Labute approximate surface area is 149 Å². The second kappa shape index (κ2) is 7.38. The fraction of sp³-hybridized carbons (Fsp3) is 0.235. The summed E-state index contributed by atoms with van der Waals surface area (Å²) in [6, 6.07) is 8.39. The first-order valence-electron chi connectivity index (χ1n) is 7.82. The highest BCUT2D eigenvalue weighted by molar-refractivity contribution is 7.92. The number of carbonyl (C=O) groups is 1. The van der Waals surface area contributed by atoms with Crippen molar-refractivity contribution in [3.8, 4) is 0 Å². The van der Waals surface area contributed by atoms with Gasteiger partial charge < -0.3 is 9.64 Å². The van der Waals surface area contributed by atoms with Crippen LogP contribution < -0.4 is 4.72 Å². The first-order chi connectivity index (χ1) is 12.4. The quantitative estimate of drug-likeness (QED) is 0.880. The molecule has 1 N–H and O–H groups in total. The van der Waals surface area contributed by atoms with Crippen molar-refractivity contribution in [2.45, 2.75) is 4.90 Å². The molecule has 0 saturated carbocycles. The van der Waals surface area contributed by atoms with Gasteiger partial charge in [0.15, 0.2) is 11.6 Å². The molecule has 9 heteroatoms. The van der Waals surface area contributed by atoms with Crippen molar-refractivity contribution in [2.24, 2.45) is 0 Å². The van der Waals surface area contributed by atoms with Gasteiger partial charge in [-0.1, -0.05) is 12.1 Å². The number of carbonyl (C=O) groups excluding carboxylic acids is 1. The van der Waals surface area contributed by atoms with Gasteiger partial charge in [-0.15, -0.1) is 0 Å². The number of nitrogens with zero attached hydrogens (tertiary/aromatic N) is 1. The summed E-state index contributed by atoms with van der Waals surface area (Å²) in [6.45, 7) is 1.63. The Kier molecular flexibility index (Phi) is 5.19. The number of morpholine rings is 1. The molecule has 3 rings (SSSR count). The minimum absolute atomic E-state index is 0.0636. The summed E-state index contributed by atoms with van der Waals surface area (Å²) in [4.78, 5) is 13.8. The van der Waals surface area contributed by atoms with E-state index in [1.54, 1.807) is 17.0 Å². The Hall–Kier alpha value is -2.52. The van der Waals surface area contributed by atoms with E-state index < -0.39 is 26.6 Å². The maximum Gasteiger partial charge on any atom is 0.262 e. The van der Waals surface area contributed by atoms with Gasteiger partial charge in [0.05, 0.1) is 29.4 Å². The summed E-state index contributed by atoms with van der Waals surface area (Å²) in [7, 11) is -4.19. The SMILES string of the molecule is O=C(c1ccccc1NS(=O)(=O)c1ccc(F)c(F)c1)N1CCOCC1. The van der Waals surface area contributed by atoms with Crippen molar-refractivity contribution in [1.29, 1.82) is 0 Å². The summed E-state index contributed by atoms with van der Waals surface area (Å²) in [5, 5.41) is 0. The van der Waals surface area contributed by atoms with E-state index in [2.05, 4.69) is 4.72 Å². The minimum atomic E-state index is -4.19. The molecule has 26 heavy (non-hydrogen) atoms. The van der Waals surface area contributed by atoms with Crippen LogP contribution in [0.3, 0.4) is 0 Å². The first kappa shape index (κ1) is 18.3. The Morgan fingerprint density at radius 1 is 1.04 bits per heavy atom. The van der Waals surface area contributed by atoms with Gasteiger partial charge in [0.2, 0.25) is 0 Å². The third-order valence-electron chi connectivity index (χ3n) is 3.90. The van der Waals surface area contributed by atoms with Crippen LogP contribution in [0.5, 0.6) is 0 Å². The van der Waals surface area contributed by atoms with E-state index in [1.165, 1.54) is 12.1 Å². The van der Waals surface area contributed by atoms with Crippen molar-refractivity contribution < 1.29 is 26.7 Å². The molecule has 1 amide bonds. The predicted molar refractivity (Wildman–Crippen MR) is 90.3 cm³/mol. The molecule has 1 fully saturated rings. The molecule has 138 valence electrons. The predicted octanol–water partition coefficient (Wildman–Crippen LogP) is 2.24. The molecule has 0 atom stereocenters. The van der Waals surface area contributed by atoms with Crippen LogP contribution in [0.1, 0.15) is 10.4 Å². The molecule has 0 aromatic heterocycles. The number of benzene rings is 2. The van der Waals surface area contributed by atoms with Crippen molar-refractivity contribution in [2.75, 3.05) is 31.0 Å². The van der Waals surface area contributed by atoms with Crippen LogP contribution in [0.25, 0.3) is 0 Å². The molecule has 1 aliphatic rings. The summed E-state index contributed by atoms with van der Waals surface area (Å²) >= 11 is 0. The molecule has 0 radical (unpaired) electrons. The van der Waals surface area contributed by atoms with E-state index in [0.29, 0.717) is 32.4 Å². The zero-order chi connectivity index (χ0) is 18.7. The van der Waals surface area contributed by atoms with Crippen molar-refractivity contribution in [1.82, 2.24) is 4.90 Å². The molecule has 2 aromatic rings. The summed E-state index contributed by atoms with van der Waals surface area (Å²) < 4.78 is 58.8. The van der Waals surface area contributed by atoms with E-state index in [-0.39, 0.29) is 17.2 Å². The lowest BCUT2D eigenvalue weighted by Gasteiger charge is -2.27. The summed E-state index contributed by atoms with van der Waals surface area (Å²) in [5.74, 6) is -2.76. The first-order valence-corrected chi connectivity index (χ1v) is 9.31. The van der Waals surface area contributed by atoms with E-state index in [9.17, 15) is 22.0 Å². The van der Waals surface area contributed by atoms with Crippen molar-refractivity contribution in [3.05, 3.63) is 59.7 Å². The molecule has 0 bridgehead atoms. The highest BCUT2D eigenvalue weighted by Gasteiger charge is 2.24. The molecular formula is C17H16F2N2O4S. The molecule has 1 saturated heterocycles. The van der Waals surface area contributed by atoms with Crippen LogP contribution in [0.2, 0.25) is 0 Å². The van der Waals surface area contributed by atoms with E-state index in [0.717, 1.165) is 12.1 Å². The molecule has 1 aliphatic heterocycles. The average Bonchev–Trinajstić information content (AvgIpc) is 2.64. The standard InChI is InChI=1S/C17H16F2N2O4S/c18-14-6-5-12(11-15(14)19)26(23,24)20-16-4-2-1-3-13(16)17(22)21-7-9-25-10-8-21/h1-6,11,20H,7-10H2. The van der Waals surface area contributed by atoms with Gasteiger partial charge in [0.25, 0.3) is 15.9 Å². The summed E-state index contributed by atoms with van der Waals surface area (Å²) in [6.07, 6.45) is 0. The number of halogens is 2. The van der Waals surface area contributed by atoms with E-state index >= 15 is 0 Å².